The van der Waals surface area contributed by atoms with Crippen LogP contribution in [0.4, 0.5) is 11.4 Å². The van der Waals surface area contributed by atoms with Crippen molar-refractivity contribution < 1.29 is 13.2 Å². The fraction of sp³-hybridized carbons (Fsp3) is 0.240. The fourth-order valence-electron chi connectivity index (χ4n) is 4.16. The monoisotopic (exact) mass is 496 g/mol. The Morgan fingerprint density at radius 2 is 1.39 bits per heavy atom. The van der Waals surface area contributed by atoms with Gasteiger partial charge in [0.2, 0.25) is 0 Å². The smallest absolute Gasteiger partial charge is 0.264 e. The van der Waals surface area contributed by atoms with Crippen molar-refractivity contribution >= 4 is 50.8 Å². The van der Waals surface area contributed by atoms with Gasteiger partial charge in [0.1, 0.15) is 0 Å². The highest BCUT2D eigenvalue weighted by atomic mass is 32.2. The van der Waals surface area contributed by atoms with Crippen LogP contribution < -0.4 is 9.21 Å². The maximum atomic E-state index is 13.7. The summed E-state index contributed by atoms with van der Waals surface area (Å²) in [7, 11) is -3.81. The molecule has 0 fully saturated rings. The number of rotatable bonds is 3. The van der Waals surface area contributed by atoms with Gasteiger partial charge in [-0.05, 0) is 66.8 Å². The van der Waals surface area contributed by atoms with Gasteiger partial charge >= 0.3 is 0 Å². The van der Waals surface area contributed by atoms with Crippen LogP contribution >= 0.6 is 23.5 Å². The molecule has 5 rings (SSSR count). The van der Waals surface area contributed by atoms with Gasteiger partial charge in [-0.15, -0.1) is 23.5 Å². The number of thioether (sulfide) groups is 2. The quantitative estimate of drug-likeness (QED) is 0.478. The molecule has 2 aliphatic heterocycles. The standard InChI is InChI=1S/C25H24N2O3S3/c28-25(26-14-6-16-31-23-12-3-1-10-21(23)26)19-8-5-9-20(18-19)33(29,30)27-15-7-17-32-24-13-4-2-11-22(24)27/h1-5,8-13,18H,6-7,14-17H2. The van der Waals surface area contributed by atoms with Crippen LogP contribution in [0.2, 0.25) is 0 Å². The number of amides is 1. The maximum absolute atomic E-state index is 13.7. The largest absolute Gasteiger partial charge is 0.307 e. The van der Waals surface area contributed by atoms with Crippen LogP contribution in [0.25, 0.3) is 0 Å². The Balaban J connectivity index is 1.51. The molecule has 0 unspecified atom stereocenters. The summed E-state index contributed by atoms with van der Waals surface area (Å²) in [5, 5.41) is 0. The number of nitrogens with zero attached hydrogens (tertiary/aromatic N) is 2. The zero-order valence-corrected chi connectivity index (χ0v) is 20.5. The van der Waals surface area contributed by atoms with Crippen LogP contribution in [-0.4, -0.2) is 38.9 Å². The van der Waals surface area contributed by atoms with Crippen molar-refractivity contribution in [3.8, 4) is 0 Å². The van der Waals surface area contributed by atoms with Crippen LogP contribution in [0.15, 0.2) is 87.5 Å². The van der Waals surface area contributed by atoms with Gasteiger partial charge in [0.05, 0.1) is 16.3 Å². The molecule has 8 heteroatoms. The van der Waals surface area contributed by atoms with Gasteiger partial charge in [-0.3, -0.25) is 9.10 Å². The van der Waals surface area contributed by atoms with Crippen LogP contribution in [0.3, 0.4) is 0 Å². The topological polar surface area (TPSA) is 57.7 Å². The normalized spacial score (nSPS) is 16.4. The highest BCUT2D eigenvalue weighted by Crippen LogP contribution is 2.37. The number of para-hydroxylation sites is 2. The second-order valence-corrected chi connectivity index (χ2v) is 12.0. The zero-order valence-electron chi connectivity index (χ0n) is 18.0. The summed E-state index contributed by atoms with van der Waals surface area (Å²) in [4.78, 5) is 17.5. The summed E-state index contributed by atoms with van der Waals surface area (Å²) < 4.78 is 28.9. The van der Waals surface area contributed by atoms with Crippen molar-refractivity contribution in [3.63, 3.8) is 0 Å². The molecule has 2 aliphatic rings. The van der Waals surface area contributed by atoms with Gasteiger partial charge < -0.3 is 4.90 Å². The molecule has 5 nitrogen and oxygen atoms in total. The molecule has 0 saturated carbocycles. The molecule has 0 aromatic heterocycles. The van der Waals surface area contributed by atoms with E-state index < -0.39 is 10.0 Å². The van der Waals surface area contributed by atoms with Crippen molar-refractivity contribution in [1.29, 1.82) is 0 Å². The van der Waals surface area contributed by atoms with E-state index in [2.05, 4.69) is 0 Å². The third-order valence-electron chi connectivity index (χ3n) is 5.75. The molecule has 2 heterocycles. The van der Waals surface area contributed by atoms with Gasteiger partial charge in [-0.2, -0.15) is 0 Å². The Bertz CT molecular complexity index is 1290. The first-order chi connectivity index (χ1) is 16.1. The Kier molecular flexibility index (Phi) is 6.40. The summed E-state index contributed by atoms with van der Waals surface area (Å²) in [5.41, 5.74) is 1.97. The Morgan fingerprint density at radius 1 is 0.758 bits per heavy atom. The van der Waals surface area contributed by atoms with E-state index in [1.807, 2.05) is 48.5 Å². The summed E-state index contributed by atoms with van der Waals surface area (Å²) in [6, 6.07) is 22.0. The first kappa shape index (κ1) is 22.4. The van der Waals surface area contributed by atoms with Crippen molar-refractivity contribution in [3.05, 3.63) is 78.4 Å². The van der Waals surface area contributed by atoms with Gasteiger partial charge in [0, 0.05) is 28.4 Å². The maximum Gasteiger partial charge on any atom is 0.264 e. The molecule has 0 N–H and O–H groups in total. The average molecular weight is 497 g/mol. The van der Waals surface area contributed by atoms with Crippen LogP contribution in [0, 0.1) is 0 Å². The molecule has 0 bridgehead atoms. The minimum Gasteiger partial charge on any atom is -0.307 e. The lowest BCUT2D eigenvalue weighted by Gasteiger charge is -2.25. The number of hydrogen-bond donors (Lipinski definition) is 0. The molecule has 33 heavy (non-hydrogen) atoms. The molecule has 0 atom stereocenters. The second-order valence-electron chi connectivity index (χ2n) is 7.90. The van der Waals surface area contributed by atoms with E-state index in [0.29, 0.717) is 24.3 Å². The number of sulfonamides is 1. The summed E-state index contributed by atoms with van der Waals surface area (Å²) in [6.45, 7) is 1.03. The number of benzene rings is 3. The highest BCUT2D eigenvalue weighted by molar-refractivity contribution is 7.99. The lowest BCUT2D eigenvalue weighted by atomic mass is 10.1. The molecule has 0 spiro atoms. The van der Waals surface area contributed by atoms with Crippen molar-refractivity contribution in [1.82, 2.24) is 0 Å². The molecule has 0 radical (unpaired) electrons. The number of anilines is 2. The van der Waals surface area contributed by atoms with E-state index in [1.54, 1.807) is 46.6 Å². The summed E-state index contributed by atoms with van der Waals surface area (Å²) in [5.74, 6) is 1.64. The Labute approximate surface area is 203 Å². The number of hydrogen-bond acceptors (Lipinski definition) is 5. The second kappa shape index (κ2) is 9.44. The molecule has 170 valence electrons. The van der Waals surface area contributed by atoms with Gasteiger partial charge in [-0.1, -0.05) is 30.3 Å². The molecule has 0 aliphatic carbocycles. The van der Waals surface area contributed by atoms with E-state index in [-0.39, 0.29) is 10.8 Å². The van der Waals surface area contributed by atoms with E-state index in [9.17, 15) is 13.2 Å². The van der Waals surface area contributed by atoms with Gasteiger partial charge in [-0.25, -0.2) is 8.42 Å². The zero-order chi connectivity index (χ0) is 22.8. The highest BCUT2D eigenvalue weighted by Gasteiger charge is 2.30. The molecular weight excluding hydrogens is 472 g/mol. The van der Waals surface area contributed by atoms with E-state index in [0.717, 1.165) is 39.8 Å². The number of carbonyl (C=O) groups is 1. The molecule has 1 amide bonds. The van der Waals surface area contributed by atoms with Crippen LogP contribution in [-0.2, 0) is 10.0 Å². The number of fused-ring (bicyclic) bond motifs is 2. The summed E-state index contributed by atoms with van der Waals surface area (Å²) >= 11 is 3.43. The predicted octanol–water partition coefficient (Wildman–Crippen LogP) is 5.52. The van der Waals surface area contributed by atoms with E-state index in [1.165, 1.54) is 10.4 Å². The third-order valence-corrected chi connectivity index (χ3v) is 9.86. The summed E-state index contributed by atoms with van der Waals surface area (Å²) in [6.07, 6.45) is 1.64. The fourth-order valence-corrected chi connectivity index (χ4v) is 7.77. The Hall–Kier alpha value is -2.42. The first-order valence-corrected chi connectivity index (χ1v) is 14.4. The lowest BCUT2D eigenvalue weighted by Crippen LogP contribution is -2.33. The number of carbonyl (C=O) groups excluding carboxylic acids is 1. The third kappa shape index (κ3) is 4.39. The van der Waals surface area contributed by atoms with Crippen molar-refractivity contribution in [2.75, 3.05) is 33.8 Å². The van der Waals surface area contributed by atoms with Crippen LogP contribution in [0.5, 0.6) is 0 Å². The molecular formula is C25H24N2O3S3. The van der Waals surface area contributed by atoms with Crippen molar-refractivity contribution in [2.24, 2.45) is 0 Å². The molecule has 3 aromatic carbocycles. The SMILES string of the molecule is O=C(c1cccc(S(=O)(=O)N2CCCSc3ccccc32)c1)N1CCCSc2ccccc21. The van der Waals surface area contributed by atoms with E-state index in [4.69, 9.17) is 0 Å². The average Bonchev–Trinajstić information content (AvgIpc) is 3.20. The first-order valence-electron chi connectivity index (χ1n) is 10.9. The van der Waals surface area contributed by atoms with Crippen LogP contribution in [0.1, 0.15) is 23.2 Å². The lowest BCUT2D eigenvalue weighted by molar-refractivity contribution is 0.0986. The molecule has 0 saturated heterocycles. The minimum absolute atomic E-state index is 0.146. The Morgan fingerprint density at radius 3 is 2.15 bits per heavy atom. The van der Waals surface area contributed by atoms with Gasteiger partial charge in [0.15, 0.2) is 0 Å². The predicted molar refractivity (Wildman–Crippen MR) is 136 cm³/mol. The molecule has 3 aromatic rings. The van der Waals surface area contributed by atoms with Crippen molar-refractivity contribution in [2.45, 2.75) is 27.5 Å². The minimum atomic E-state index is -3.81. The van der Waals surface area contributed by atoms with Gasteiger partial charge in [0.25, 0.3) is 15.9 Å². The van der Waals surface area contributed by atoms with E-state index >= 15 is 0 Å².